The van der Waals surface area contributed by atoms with Crippen LogP contribution in [0.4, 0.5) is 5.82 Å². The molecule has 1 aliphatic heterocycles. The standard InChI is InChI=1S/C24H31N5O3/c1-18(27-23(30)9-6-19-4-7-21(32-3)8-5-19)24(31)26-17-20-10-11-25-22(16-20)29-14-12-28(2)13-15-29/h4-11,16,18H,12-15,17H2,1-3H3,(H,26,31)(H,27,30). The fourth-order valence-electron chi connectivity index (χ4n) is 3.34. The first-order valence-corrected chi connectivity index (χ1v) is 10.7. The van der Waals surface area contributed by atoms with Gasteiger partial charge in [0.05, 0.1) is 7.11 Å². The second kappa shape index (κ2) is 11.3. The Balaban J connectivity index is 1.46. The minimum Gasteiger partial charge on any atom is -0.497 e. The average Bonchev–Trinajstić information content (AvgIpc) is 2.82. The predicted molar refractivity (Wildman–Crippen MR) is 125 cm³/mol. The lowest BCUT2D eigenvalue weighted by atomic mass is 10.2. The molecule has 1 saturated heterocycles. The van der Waals surface area contributed by atoms with Gasteiger partial charge in [0.2, 0.25) is 11.8 Å². The zero-order valence-corrected chi connectivity index (χ0v) is 18.9. The van der Waals surface area contributed by atoms with Crippen LogP contribution in [0.3, 0.4) is 0 Å². The number of likely N-dealkylation sites (N-methyl/N-ethyl adjacent to an activating group) is 1. The first kappa shape index (κ1) is 23.3. The van der Waals surface area contributed by atoms with Crippen molar-refractivity contribution in [1.29, 1.82) is 0 Å². The molecule has 3 rings (SSSR count). The topological polar surface area (TPSA) is 86.8 Å². The van der Waals surface area contributed by atoms with Crippen molar-refractivity contribution in [3.8, 4) is 5.75 Å². The number of aromatic nitrogens is 1. The van der Waals surface area contributed by atoms with Gasteiger partial charge in [-0.1, -0.05) is 12.1 Å². The lowest BCUT2D eigenvalue weighted by Gasteiger charge is -2.33. The molecule has 0 radical (unpaired) electrons. The van der Waals surface area contributed by atoms with Crippen LogP contribution in [-0.2, 0) is 16.1 Å². The molecule has 1 unspecified atom stereocenters. The summed E-state index contributed by atoms with van der Waals surface area (Å²) in [5, 5.41) is 5.57. The Kier molecular flexibility index (Phi) is 8.21. The fraction of sp³-hybridized carbons (Fsp3) is 0.375. The van der Waals surface area contributed by atoms with E-state index in [4.69, 9.17) is 4.74 Å². The predicted octanol–water partition coefficient (Wildman–Crippen LogP) is 1.68. The van der Waals surface area contributed by atoms with Gasteiger partial charge in [-0.2, -0.15) is 0 Å². The molecular formula is C24H31N5O3. The molecule has 0 spiro atoms. The van der Waals surface area contributed by atoms with Crippen LogP contribution in [0.1, 0.15) is 18.1 Å². The third-order valence-electron chi connectivity index (χ3n) is 5.40. The van der Waals surface area contributed by atoms with Crippen LogP contribution in [-0.4, -0.2) is 68.1 Å². The van der Waals surface area contributed by atoms with Crippen LogP contribution in [0.5, 0.6) is 5.75 Å². The number of anilines is 1. The number of rotatable bonds is 8. The van der Waals surface area contributed by atoms with Crippen molar-refractivity contribution in [3.05, 3.63) is 59.8 Å². The molecule has 0 aliphatic carbocycles. The molecule has 1 fully saturated rings. The molecule has 8 heteroatoms. The Bertz CT molecular complexity index is 937. The summed E-state index contributed by atoms with van der Waals surface area (Å²) in [6, 6.07) is 10.6. The van der Waals surface area contributed by atoms with Crippen molar-refractivity contribution in [2.75, 3.05) is 45.2 Å². The molecule has 0 saturated carbocycles. The first-order valence-electron chi connectivity index (χ1n) is 10.7. The van der Waals surface area contributed by atoms with E-state index in [1.54, 1.807) is 26.3 Å². The number of hydrogen-bond donors (Lipinski definition) is 2. The summed E-state index contributed by atoms with van der Waals surface area (Å²) >= 11 is 0. The third kappa shape index (κ3) is 6.81. The van der Waals surface area contributed by atoms with E-state index >= 15 is 0 Å². The molecule has 1 aromatic heterocycles. The molecule has 1 aliphatic rings. The van der Waals surface area contributed by atoms with Crippen molar-refractivity contribution >= 4 is 23.7 Å². The SMILES string of the molecule is COc1ccc(C=CC(=O)NC(C)C(=O)NCc2ccnc(N3CCN(C)CC3)c2)cc1. The molecule has 1 atom stereocenters. The second-order valence-electron chi connectivity index (χ2n) is 7.87. The molecule has 2 amide bonds. The second-order valence-corrected chi connectivity index (χ2v) is 7.87. The number of piperazine rings is 1. The monoisotopic (exact) mass is 437 g/mol. The number of pyridine rings is 1. The zero-order valence-electron chi connectivity index (χ0n) is 18.9. The normalized spacial score (nSPS) is 15.4. The van der Waals surface area contributed by atoms with Gasteiger partial charge in [-0.15, -0.1) is 0 Å². The fourth-order valence-corrected chi connectivity index (χ4v) is 3.34. The van der Waals surface area contributed by atoms with Gasteiger partial charge in [-0.3, -0.25) is 9.59 Å². The van der Waals surface area contributed by atoms with Gasteiger partial charge >= 0.3 is 0 Å². The van der Waals surface area contributed by atoms with E-state index in [1.165, 1.54) is 6.08 Å². The van der Waals surface area contributed by atoms with Crippen LogP contribution in [0.15, 0.2) is 48.7 Å². The van der Waals surface area contributed by atoms with Crippen LogP contribution < -0.4 is 20.3 Å². The highest BCUT2D eigenvalue weighted by molar-refractivity contribution is 5.95. The number of ether oxygens (including phenoxy) is 1. The van der Waals surface area contributed by atoms with E-state index in [1.807, 2.05) is 36.4 Å². The summed E-state index contributed by atoms with van der Waals surface area (Å²) in [5.74, 6) is 1.11. The Morgan fingerprint density at radius 3 is 2.56 bits per heavy atom. The number of hydrogen-bond acceptors (Lipinski definition) is 6. The summed E-state index contributed by atoms with van der Waals surface area (Å²) in [5.41, 5.74) is 1.84. The number of carbonyl (C=O) groups is 2. The molecule has 170 valence electrons. The summed E-state index contributed by atoms with van der Waals surface area (Å²) in [7, 11) is 3.72. The molecule has 8 nitrogen and oxygen atoms in total. The van der Waals surface area contributed by atoms with Gasteiger partial charge in [-0.25, -0.2) is 4.98 Å². The Morgan fingerprint density at radius 2 is 1.88 bits per heavy atom. The zero-order chi connectivity index (χ0) is 22.9. The summed E-state index contributed by atoms with van der Waals surface area (Å²) in [4.78, 5) is 33.6. The van der Waals surface area contributed by atoms with Crippen LogP contribution in [0.25, 0.3) is 6.08 Å². The van der Waals surface area contributed by atoms with Crippen molar-refractivity contribution in [2.45, 2.75) is 19.5 Å². The smallest absolute Gasteiger partial charge is 0.244 e. The van der Waals surface area contributed by atoms with Gasteiger partial charge < -0.3 is 25.2 Å². The molecule has 2 N–H and O–H groups in total. The summed E-state index contributed by atoms with van der Waals surface area (Å²) in [6.45, 7) is 5.93. The van der Waals surface area contributed by atoms with E-state index in [2.05, 4.69) is 32.5 Å². The number of nitrogens with zero attached hydrogens (tertiary/aromatic N) is 3. The van der Waals surface area contributed by atoms with Gasteiger partial charge in [-0.05, 0) is 55.4 Å². The number of carbonyl (C=O) groups excluding carboxylic acids is 2. The van der Waals surface area contributed by atoms with Gasteiger partial charge in [0.15, 0.2) is 0 Å². The maximum atomic E-state index is 12.4. The maximum Gasteiger partial charge on any atom is 0.244 e. The van der Waals surface area contributed by atoms with Crippen molar-refractivity contribution in [1.82, 2.24) is 20.5 Å². The van der Waals surface area contributed by atoms with Gasteiger partial charge in [0, 0.05) is 45.0 Å². The Labute approximate surface area is 189 Å². The molecule has 1 aromatic carbocycles. The van der Waals surface area contributed by atoms with E-state index in [-0.39, 0.29) is 11.8 Å². The summed E-state index contributed by atoms with van der Waals surface area (Å²) in [6.07, 6.45) is 4.87. The molecule has 2 heterocycles. The highest BCUT2D eigenvalue weighted by Gasteiger charge is 2.17. The van der Waals surface area contributed by atoms with E-state index in [0.717, 1.165) is 48.9 Å². The maximum absolute atomic E-state index is 12.4. The molecule has 32 heavy (non-hydrogen) atoms. The lowest BCUT2D eigenvalue weighted by Crippen LogP contribution is -2.45. The Morgan fingerprint density at radius 1 is 1.16 bits per heavy atom. The lowest BCUT2D eigenvalue weighted by molar-refractivity contribution is -0.126. The Hall–Kier alpha value is -3.39. The van der Waals surface area contributed by atoms with Crippen LogP contribution in [0, 0.1) is 0 Å². The van der Waals surface area contributed by atoms with E-state index < -0.39 is 6.04 Å². The quantitative estimate of drug-likeness (QED) is 0.611. The highest BCUT2D eigenvalue weighted by Crippen LogP contribution is 2.15. The number of methoxy groups -OCH3 is 1. The number of benzene rings is 1. The van der Waals surface area contributed by atoms with Crippen molar-refractivity contribution in [3.63, 3.8) is 0 Å². The van der Waals surface area contributed by atoms with Gasteiger partial charge in [0.25, 0.3) is 0 Å². The minimum absolute atomic E-state index is 0.242. The van der Waals surface area contributed by atoms with E-state index in [9.17, 15) is 9.59 Å². The first-order chi connectivity index (χ1) is 15.4. The number of amides is 2. The van der Waals surface area contributed by atoms with Crippen molar-refractivity contribution in [2.24, 2.45) is 0 Å². The van der Waals surface area contributed by atoms with Crippen LogP contribution >= 0.6 is 0 Å². The third-order valence-corrected chi connectivity index (χ3v) is 5.40. The van der Waals surface area contributed by atoms with Crippen LogP contribution in [0.2, 0.25) is 0 Å². The average molecular weight is 438 g/mol. The largest absolute Gasteiger partial charge is 0.497 e. The minimum atomic E-state index is -0.651. The molecule has 2 aromatic rings. The van der Waals surface area contributed by atoms with Crippen molar-refractivity contribution < 1.29 is 14.3 Å². The highest BCUT2D eigenvalue weighted by atomic mass is 16.5. The molecule has 0 bridgehead atoms. The molecular weight excluding hydrogens is 406 g/mol. The number of nitrogens with one attached hydrogen (secondary N) is 2. The summed E-state index contributed by atoms with van der Waals surface area (Å²) < 4.78 is 5.11. The van der Waals surface area contributed by atoms with E-state index in [0.29, 0.717) is 6.54 Å². The van der Waals surface area contributed by atoms with Gasteiger partial charge in [0.1, 0.15) is 17.6 Å².